The second kappa shape index (κ2) is 32.1. The monoisotopic (exact) mass is 860 g/mol. The standard InChI is InChI=1S/C15H25NO6.C14H23NO6.C13H24O4/c1-6-15(4,5)13(18)21-9-10-22-14(19)16-7-8-20-12(17)11(2)3;1-5-11(16)19-8-7-15-13(18)21-10-9-20-12(17)14(3,4)6-2;1-4-13(2,3)12(14)16-8-6-5-7-15-9-11-10-17-11/h2,6-10H2,1,3-5H3,(H,16,19);5H,1,6-10H2,2-4H3,(H,15,18);11H,4-10H2,1-3H3. The van der Waals surface area contributed by atoms with Gasteiger partial charge in [0.15, 0.2) is 0 Å². The molecular formula is C42H72N2O16. The average molecular weight is 861 g/mol. The minimum Gasteiger partial charge on any atom is -0.465 e. The van der Waals surface area contributed by atoms with E-state index >= 15 is 0 Å². The maximum absolute atomic E-state index is 11.6. The van der Waals surface area contributed by atoms with Crippen LogP contribution in [0.25, 0.3) is 0 Å². The number of ether oxygens (including phenoxy) is 9. The van der Waals surface area contributed by atoms with Gasteiger partial charge in [-0.25, -0.2) is 19.2 Å². The van der Waals surface area contributed by atoms with Crippen molar-refractivity contribution in [1.82, 2.24) is 10.6 Å². The summed E-state index contributed by atoms with van der Waals surface area (Å²) < 4.78 is 44.7. The van der Waals surface area contributed by atoms with E-state index in [-0.39, 0.29) is 76.1 Å². The Labute approximate surface area is 356 Å². The van der Waals surface area contributed by atoms with Gasteiger partial charge >= 0.3 is 42.0 Å². The highest BCUT2D eigenvalue weighted by molar-refractivity contribution is 5.87. The molecule has 0 aromatic rings. The van der Waals surface area contributed by atoms with Gasteiger partial charge in [0.05, 0.1) is 49.2 Å². The molecule has 0 aromatic heterocycles. The molecule has 1 fully saturated rings. The molecule has 1 atom stereocenters. The first-order valence-corrected chi connectivity index (χ1v) is 20.2. The van der Waals surface area contributed by atoms with Crippen molar-refractivity contribution >= 4 is 42.0 Å². The summed E-state index contributed by atoms with van der Waals surface area (Å²) >= 11 is 0. The lowest BCUT2D eigenvalue weighted by atomic mass is 9.91. The fraction of sp³-hybridized carbons (Fsp3) is 0.738. The molecule has 0 aromatic carbocycles. The normalized spacial score (nSPS) is 12.9. The number of esters is 5. The van der Waals surface area contributed by atoms with Gasteiger partial charge in [-0.2, -0.15) is 0 Å². The average Bonchev–Trinajstić information content (AvgIpc) is 4.05. The number of carbonyl (C=O) groups is 7. The molecule has 1 aliphatic heterocycles. The highest BCUT2D eigenvalue weighted by atomic mass is 16.6. The smallest absolute Gasteiger partial charge is 0.407 e. The predicted octanol–water partition coefficient (Wildman–Crippen LogP) is 5.39. The second-order valence-electron chi connectivity index (χ2n) is 15.3. The Morgan fingerprint density at radius 3 is 1.37 bits per heavy atom. The Morgan fingerprint density at radius 2 is 0.983 bits per heavy atom. The topological polar surface area (TPSA) is 230 Å². The molecule has 18 heteroatoms. The zero-order valence-electron chi connectivity index (χ0n) is 37.6. The highest BCUT2D eigenvalue weighted by Crippen LogP contribution is 2.23. The SMILES string of the molecule is C=C(C)C(=O)OCCNC(=O)OCCOC(=O)C(C)(C)CC.C=CC(=O)OCCNC(=O)OCCOC(=O)C(C)(C)CC.CCC(C)(C)C(=O)OCCCCOCC1CO1. The van der Waals surface area contributed by atoms with Crippen LogP contribution in [0.4, 0.5) is 9.59 Å². The third kappa shape index (κ3) is 30.3. The molecule has 18 nitrogen and oxygen atoms in total. The Bertz CT molecular complexity index is 1340. The molecule has 1 heterocycles. The fourth-order valence-electron chi connectivity index (χ4n) is 3.29. The van der Waals surface area contributed by atoms with Crippen molar-refractivity contribution < 1.29 is 76.2 Å². The third-order valence-electron chi connectivity index (χ3n) is 8.77. The minimum absolute atomic E-state index is 0.000325. The van der Waals surface area contributed by atoms with Crippen LogP contribution in [-0.4, -0.2) is 127 Å². The number of hydrogen-bond acceptors (Lipinski definition) is 16. The van der Waals surface area contributed by atoms with Crippen molar-refractivity contribution in [2.75, 3.05) is 79.2 Å². The van der Waals surface area contributed by atoms with E-state index in [0.717, 1.165) is 31.9 Å². The van der Waals surface area contributed by atoms with Gasteiger partial charge in [-0.1, -0.05) is 33.9 Å². The molecule has 1 saturated heterocycles. The van der Waals surface area contributed by atoms with Crippen LogP contribution in [0.2, 0.25) is 0 Å². The highest BCUT2D eigenvalue weighted by Gasteiger charge is 2.28. The van der Waals surface area contributed by atoms with Gasteiger partial charge in [0.2, 0.25) is 0 Å². The number of unbranched alkanes of at least 4 members (excludes halogenated alkanes) is 1. The Kier molecular flexibility index (Phi) is 30.7. The molecule has 0 radical (unpaired) electrons. The molecule has 0 spiro atoms. The summed E-state index contributed by atoms with van der Waals surface area (Å²) in [6, 6.07) is 0. The Morgan fingerprint density at radius 1 is 0.600 bits per heavy atom. The van der Waals surface area contributed by atoms with Gasteiger partial charge in [-0.05, 0) is 80.6 Å². The number of alkyl carbamates (subject to hydrolysis) is 2. The molecule has 1 rings (SSSR count). The molecule has 0 bridgehead atoms. The van der Waals surface area contributed by atoms with Gasteiger partial charge in [0.25, 0.3) is 0 Å². The van der Waals surface area contributed by atoms with Crippen LogP contribution < -0.4 is 10.6 Å². The summed E-state index contributed by atoms with van der Waals surface area (Å²) in [5.74, 6) is -1.83. The lowest BCUT2D eigenvalue weighted by Crippen LogP contribution is -2.31. The van der Waals surface area contributed by atoms with Gasteiger partial charge in [-0.3, -0.25) is 14.4 Å². The number of nitrogens with one attached hydrogen (secondary N) is 2. The maximum Gasteiger partial charge on any atom is 0.407 e. The first-order chi connectivity index (χ1) is 28.1. The maximum atomic E-state index is 11.6. The van der Waals surface area contributed by atoms with E-state index in [0.29, 0.717) is 44.3 Å². The van der Waals surface area contributed by atoms with Gasteiger partial charge < -0.3 is 53.3 Å². The fourth-order valence-corrected chi connectivity index (χ4v) is 3.29. The molecular weight excluding hydrogens is 788 g/mol. The molecule has 0 saturated carbocycles. The second-order valence-corrected chi connectivity index (χ2v) is 15.3. The number of epoxide rings is 1. The predicted molar refractivity (Wildman–Crippen MR) is 221 cm³/mol. The molecule has 60 heavy (non-hydrogen) atoms. The summed E-state index contributed by atoms with van der Waals surface area (Å²) in [4.78, 5) is 79.1. The zero-order valence-corrected chi connectivity index (χ0v) is 37.6. The first-order valence-electron chi connectivity index (χ1n) is 20.2. The lowest BCUT2D eigenvalue weighted by Gasteiger charge is -2.20. The molecule has 1 unspecified atom stereocenters. The molecule has 2 N–H and O–H groups in total. The van der Waals surface area contributed by atoms with Crippen LogP contribution in [0.1, 0.15) is 101 Å². The Balaban J connectivity index is 0. The lowest BCUT2D eigenvalue weighted by molar-refractivity contribution is -0.155. The zero-order chi connectivity index (χ0) is 46.2. The third-order valence-corrected chi connectivity index (χ3v) is 8.77. The van der Waals surface area contributed by atoms with E-state index in [1.807, 2.05) is 34.6 Å². The van der Waals surface area contributed by atoms with E-state index in [4.69, 9.17) is 37.9 Å². The summed E-state index contributed by atoms with van der Waals surface area (Å²) in [7, 11) is 0. The Hall–Kier alpha value is -4.71. The van der Waals surface area contributed by atoms with Crippen LogP contribution in [0.5, 0.6) is 0 Å². The molecule has 0 aliphatic carbocycles. The van der Waals surface area contributed by atoms with E-state index in [9.17, 15) is 33.6 Å². The van der Waals surface area contributed by atoms with Crippen molar-refractivity contribution in [2.24, 2.45) is 16.2 Å². The van der Waals surface area contributed by atoms with Crippen LogP contribution >= 0.6 is 0 Å². The van der Waals surface area contributed by atoms with Gasteiger partial charge in [-0.15, -0.1) is 0 Å². The van der Waals surface area contributed by atoms with Crippen LogP contribution in [0, 0.1) is 16.2 Å². The van der Waals surface area contributed by atoms with Crippen molar-refractivity contribution in [1.29, 1.82) is 0 Å². The van der Waals surface area contributed by atoms with E-state index in [1.165, 1.54) is 6.92 Å². The van der Waals surface area contributed by atoms with Crippen molar-refractivity contribution in [3.05, 3.63) is 24.8 Å². The van der Waals surface area contributed by atoms with Crippen LogP contribution in [-0.2, 0) is 66.6 Å². The van der Waals surface area contributed by atoms with E-state index < -0.39 is 35.0 Å². The van der Waals surface area contributed by atoms with Gasteiger partial charge in [0.1, 0.15) is 45.7 Å². The van der Waals surface area contributed by atoms with E-state index in [1.54, 1.807) is 27.7 Å². The molecule has 2 amide bonds. The summed E-state index contributed by atoms with van der Waals surface area (Å²) in [6.45, 7) is 27.9. The van der Waals surface area contributed by atoms with E-state index in [2.05, 4.69) is 28.5 Å². The van der Waals surface area contributed by atoms with Crippen LogP contribution in [0.15, 0.2) is 24.8 Å². The van der Waals surface area contributed by atoms with Crippen molar-refractivity contribution in [3.8, 4) is 0 Å². The molecule has 346 valence electrons. The summed E-state index contributed by atoms with van der Waals surface area (Å²) in [5.41, 5.74) is -1.16. The summed E-state index contributed by atoms with van der Waals surface area (Å²) in [6.07, 6.45) is 3.93. The van der Waals surface area contributed by atoms with Gasteiger partial charge in [0, 0.05) is 18.3 Å². The minimum atomic E-state index is -0.671. The number of amides is 2. The number of rotatable bonds is 27. The molecule has 1 aliphatic rings. The number of hydrogen-bond donors (Lipinski definition) is 2. The van der Waals surface area contributed by atoms with Crippen LogP contribution in [0.3, 0.4) is 0 Å². The number of carbonyl (C=O) groups excluding carboxylic acids is 7. The largest absolute Gasteiger partial charge is 0.465 e. The summed E-state index contributed by atoms with van der Waals surface area (Å²) in [5, 5.41) is 4.78. The quantitative estimate of drug-likeness (QED) is 0.0347. The van der Waals surface area contributed by atoms with Crippen molar-refractivity contribution in [3.63, 3.8) is 0 Å². The van der Waals surface area contributed by atoms with Crippen molar-refractivity contribution in [2.45, 2.75) is 107 Å². The first kappa shape index (κ1) is 57.4.